The average molecular weight is 342 g/mol. The van der Waals surface area contributed by atoms with Gasteiger partial charge in [0.15, 0.2) is 6.10 Å². The van der Waals surface area contributed by atoms with Crippen LogP contribution in [0.4, 0.5) is 10.1 Å². The van der Waals surface area contributed by atoms with Crippen molar-refractivity contribution in [2.75, 3.05) is 31.4 Å². The summed E-state index contributed by atoms with van der Waals surface area (Å²) in [6, 6.07) is 5.87. The van der Waals surface area contributed by atoms with Crippen LogP contribution in [0.15, 0.2) is 24.3 Å². The van der Waals surface area contributed by atoms with E-state index in [2.05, 4.69) is 0 Å². The van der Waals surface area contributed by atoms with Gasteiger partial charge in [-0.2, -0.15) is 0 Å². The monoisotopic (exact) mass is 342 g/mol. The van der Waals surface area contributed by atoms with Gasteiger partial charge in [0.1, 0.15) is 5.82 Å². The molecule has 1 aromatic rings. The van der Waals surface area contributed by atoms with Crippen molar-refractivity contribution < 1.29 is 22.3 Å². The largest absolute Gasteiger partial charge is 0.369 e. The molecule has 126 valence electrons. The molecule has 8 heteroatoms. The molecule has 2 heterocycles. The minimum atomic E-state index is -3.26. The Balaban J connectivity index is 1.91. The molecule has 3 rings (SSSR count). The normalized spacial score (nSPS) is 24.7. The van der Waals surface area contributed by atoms with Crippen LogP contribution in [0, 0.1) is 5.82 Å². The first kappa shape index (κ1) is 16.4. The highest BCUT2D eigenvalue weighted by molar-refractivity contribution is 7.88. The van der Waals surface area contributed by atoms with E-state index in [-0.39, 0.29) is 5.91 Å². The Morgan fingerprint density at radius 1 is 1.30 bits per heavy atom. The Labute approximate surface area is 134 Å². The summed E-state index contributed by atoms with van der Waals surface area (Å²) in [4.78, 5) is 14.0. The zero-order valence-corrected chi connectivity index (χ0v) is 13.8. The van der Waals surface area contributed by atoms with Gasteiger partial charge in [-0.05, 0) is 31.0 Å². The second-order valence-corrected chi connectivity index (χ2v) is 8.02. The molecule has 6 nitrogen and oxygen atoms in total. The molecule has 0 aromatic heterocycles. The van der Waals surface area contributed by atoms with Crippen LogP contribution < -0.4 is 4.90 Å². The molecule has 2 aliphatic heterocycles. The van der Waals surface area contributed by atoms with E-state index >= 15 is 0 Å². The van der Waals surface area contributed by atoms with Crippen LogP contribution in [0.3, 0.4) is 0 Å². The summed E-state index contributed by atoms with van der Waals surface area (Å²) in [5.74, 6) is -0.634. The maximum Gasteiger partial charge on any atom is 0.259 e. The van der Waals surface area contributed by atoms with Gasteiger partial charge in [0, 0.05) is 25.9 Å². The number of benzene rings is 1. The van der Waals surface area contributed by atoms with Crippen LogP contribution in [0.1, 0.15) is 12.8 Å². The smallest absolute Gasteiger partial charge is 0.259 e. The van der Waals surface area contributed by atoms with E-state index in [4.69, 9.17) is 4.74 Å². The number of amides is 1. The van der Waals surface area contributed by atoms with Crippen LogP contribution in [0.25, 0.3) is 0 Å². The van der Waals surface area contributed by atoms with Crippen LogP contribution in [-0.2, 0) is 19.6 Å². The molecule has 1 spiro atoms. The van der Waals surface area contributed by atoms with Gasteiger partial charge in [-0.15, -0.1) is 0 Å². The molecular weight excluding hydrogens is 323 g/mol. The fourth-order valence-electron chi connectivity index (χ4n) is 3.63. The van der Waals surface area contributed by atoms with Gasteiger partial charge in [0.05, 0.1) is 11.8 Å². The maximum absolute atomic E-state index is 13.5. The second-order valence-electron chi connectivity index (χ2n) is 6.03. The van der Waals surface area contributed by atoms with Crippen LogP contribution in [0.2, 0.25) is 0 Å². The quantitative estimate of drug-likeness (QED) is 0.768. The lowest BCUT2D eigenvalue weighted by molar-refractivity contribution is -0.150. The highest BCUT2D eigenvalue weighted by Crippen LogP contribution is 2.45. The van der Waals surface area contributed by atoms with Crippen molar-refractivity contribution in [3.63, 3.8) is 0 Å². The van der Waals surface area contributed by atoms with Gasteiger partial charge in [-0.3, -0.25) is 4.79 Å². The van der Waals surface area contributed by atoms with Crippen molar-refractivity contribution in [2.45, 2.75) is 24.5 Å². The SMILES string of the molecule is COC1C(=O)N(c2cccc(F)c2)C12CCN(S(C)(=O)=O)CC2. The number of piperidine rings is 1. The molecule has 0 saturated carbocycles. The number of hydrogen-bond acceptors (Lipinski definition) is 4. The Morgan fingerprint density at radius 2 is 1.96 bits per heavy atom. The Bertz CT molecular complexity index is 729. The number of hydrogen-bond donors (Lipinski definition) is 0. The van der Waals surface area contributed by atoms with Crippen LogP contribution in [-0.4, -0.2) is 56.7 Å². The lowest BCUT2D eigenvalue weighted by Gasteiger charge is -2.59. The fourth-order valence-corrected chi connectivity index (χ4v) is 4.47. The summed E-state index contributed by atoms with van der Waals surface area (Å²) in [6.45, 7) is 0.635. The van der Waals surface area contributed by atoms with E-state index in [0.717, 1.165) is 0 Å². The Kier molecular flexibility index (Phi) is 3.94. The number of sulfonamides is 1. The van der Waals surface area contributed by atoms with Crippen molar-refractivity contribution in [1.29, 1.82) is 0 Å². The standard InChI is InChI=1S/C15H19FN2O4S/c1-22-13-14(19)18(12-5-3-4-11(16)10-12)15(13)6-8-17(9-7-15)23(2,20)21/h3-5,10,13H,6-9H2,1-2H3. The Hall–Kier alpha value is -1.51. The molecular formula is C15H19FN2O4S. The van der Waals surface area contributed by atoms with Crippen LogP contribution in [0.5, 0.6) is 0 Å². The minimum Gasteiger partial charge on any atom is -0.369 e. The minimum absolute atomic E-state index is 0.217. The topological polar surface area (TPSA) is 66.9 Å². The first-order chi connectivity index (χ1) is 10.8. The third-order valence-corrected chi connectivity index (χ3v) is 6.04. The van der Waals surface area contributed by atoms with E-state index in [9.17, 15) is 17.6 Å². The Morgan fingerprint density at radius 3 is 2.48 bits per heavy atom. The third kappa shape index (κ3) is 2.54. The molecule has 1 amide bonds. The van der Waals surface area contributed by atoms with E-state index in [0.29, 0.717) is 31.6 Å². The number of carbonyl (C=O) groups is 1. The predicted octanol–water partition coefficient (Wildman–Crippen LogP) is 0.982. The summed E-state index contributed by atoms with van der Waals surface area (Å²) in [5, 5.41) is 0. The summed E-state index contributed by atoms with van der Waals surface area (Å²) in [7, 11) is -1.79. The molecule has 0 bridgehead atoms. The number of rotatable bonds is 3. The van der Waals surface area contributed by atoms with E-state index in [1.165, 1.54) is 29.8 Å². The second kappa shape index (κ2) is 5.54. The van der Waals surface area contributed by atoms with Crippen LogP contribution >= 0.6 is 0 Å². The number of carbonyl (C=O) groups excluding carboxylic acids is 1. The lowest BCUT2D eigenvalue weighted by atomic mass is 9.73. The third-order valence-electron chi connectivity index (χ3n) is 4.74. The highest BCUT2D eigenvalue weighted by Gasteiger charge is 2.62. The molecule has 1 unspecified atom stereocenters. The molecule has 0 radical (unpaired) electrons. The summed E-state index contributed by atoms with van der Waals surface area (Å²) < 4.78 is 43.6. The van der Waals surface area contributed by atoms with Crippen molar-refractivity contribution in [3.05, 3.63) is 30.1 Å². The first-order valence-corrected chi connectivity index (χ1v) is 9.22. The zero-order valence-electron chi connectivity index (χ0n) is 13.0. The number of anilines is 1. The predicted molar refractivity (Wildman–Crippen MR) is 83.1 cm³/mol. The number of β-lactam (4-membered cyclic amide) rings is 1. The van der Waals surface area contributed by atoms with Gasteiger partial charge in [-0.25, -0.2) is 17.1 Å². The van der Waals surface area contributed by atoms with Gasteiger partial charge in [0.25, 0.3) is 5.91 Å². The average Bonchev–Trinajstić information content (AvgIpc) is 2.47. The first-order valence-electron chi connectivity index (χ1n) is 7.37. The number of halogens is 1. The van der Waals surface area contributed by atoms with Gasteiger partial charge >= 0.3 is 0 Å². The summed E-state index contributed by atoms with van der Waals surface area (Å²) >= 11 is 0. The highest BCUT2D eigenvalue weighted by atomic mass is 32.2. The molecule has 1 atom stereocenters. The van der Waals surface area contributed by atoms with E-state index in [1.807, 2.05) is 0 Å². The van der Waals surface area contributed by atoms with Gasteiger partial charge in [-0.1, -0.05) is 6.07 Å². The molecule has 0 N–H and O–H groups in total. The molecule has 23 heavy (non-hydrogen) atoms. The zero-order chi connectivity index (χ0) is 16.8. The molecule has 1 aromatic carbocycles. The van der Waals surface area contributed by atoms with Crippen molar-refractivity contribution in [3.8, 4) is 0 Å². The van der Waals surface area contributed by atoms with Gasteiger partial charge in [0.2, 0.25) is 10.0 Å². The number of ether oxygens (including phenoxy) is 1. The van der Waals surface area contributed by atoms with E-state index < -0.39 is 27.5 Å². The molecule has 2 saturated heterocycles. The lowest BCUT2D eigenvalue weighted by Crippen LogP contribution is -2.77. The van der Waals surface area contributed by atoms with Crippen molar-refractivity contribution in [2.24, 2.45) is 0 Å². The number of nitrogens with zero attached hydrogens (tertiary/aromatic N) is 2. The fraction of sp³-hybridized carbons (Fsp3) is 0.533. The van der Waals surface area contributed by atoms with Crippen molar-refractivity contribution in [1.82, 2.24) is 4.31 Å². The number of methoxy groups -OCH3 is 1. The summed E-state index contributed by atoms with van der Waals surface area (Å²) in [6.07, 6.45) is 1.48. The van der Waals surface area contributed by atoms with E-state index in [1.54, 1.807) is 17.0 Å². The molecule has 0 aliphatic carbocycles. The molecule has 2 fully saturated rings. The summed E-state index contributed by atoms with van der Waals surface area (Å²) in [5.41, 5.74) is -0.128. The van der Waals surface area contributed by atoms with Crippen molar-refractivity contribution >= 4 is 21.6 Å². The maximum atomic E-state index is 13.5. The molecule has 2 aliphatic rings. The van der Waals surface area contributed by atoms with Gasteiger partial charge < -0.3 is 9.64 Å².